The summed E-state index contributed by atoms with van der Waals surface area (Å²) in [5.41, 5.74) is 5.69. The minimum Gasteiger partial charge on any atom is -0.379 e. The maximum Gasteiger partial charge on any atom is 0.222 e. The molecule has 0 aliphatic carbocycles. The van der Waals surface area contributed by atoms with Crippen molar-refractivity contribution in [2.45, 2.75) is 38.3 Å². The summed E-state index contributed by atoms with van der Waals surface area (Å²) in [5.74, 6) is 0.267. The minimum atomic E-state index is 0.117. The molecule has 2 saturated heterocycles. The number of hydrogen-bond donors (Lipinski definition) is 1. The van der Waals surface area contributed by atoms with Gasteiger partial charge in [-0.05, 0) is 19.8 Å². The second kappa shape index (κ2) is 6.50. The highest BCUT2D eigenvalue weighted by atomic mass is 16.5. The van der Waals surface area contributed by atoms with Gasteiger partial charge >= 0.3 is 0 Å². The molecule has 2 unspecified atom stereocenters. The Morgan fingerprint density at radius 2 is 2.11 bits per heavy atom. The normalized spacial score (nSPS) is 27.4. The van der Waals surface area contributed by atoms with Gasteiger partial charge in [0.1, 0.15) is 0 Å². The molecule has 2 aliphatic heterocycles. The molecule has 5 nitrogen and oxygen atoms in total. The van der Waals surface area contributed by atoms with Crippen LogP contribution in [0, 0.1) is 0 Å². The van der Waals surface area contributed by atoms with Gasteiger partial charge in [-0.3, -0.25) is 9.69 Å². The summed E-state index contributed by atoms with van der Waals surface area (Å²) in [6, 6.07) is 0.653. The number of carbonyl (C=O) groups excluding carboxylic acids is 1. The SMILES string of the molecule is CC(N)CCC(=O)N1CCC(N2CCOCC2)C1. The predicted octanol–water partition coefficient (Wildman–Crippen LogP) is 0.0469. The van der Waals surface area contributed by atoms with Gasteiger partial charge in [0, 0.05) is 44.7 Å². The maximum absolute atomic E-state index is 12.0. The summed E-state index contributed by atoms with van der Waals surface area (Å²) in [4.78, 5) is 16.5. The van der Waals surface area contributed by atoms with Gasteiger partial charge in [0.25, 0.3) is 0 Å². The van der Waals surface area contributed by atoms with Crippen molar-refractivity contribution in [3.05, 3.63) is 0 Å². The fourth-order valence-corrected chi connectivity index (χ4v) is 2.72. The van der Waals surface area contributed by atoms with Crippen molar-refractivity contribution in [3.63, 3.8) is 0 Å². The smallest absolute Gasteiger partial charge is 0.222 e. The number of nitrogens with two attached hydrogens (primary N) is 1. The van der Waals surface area contributed by atoms with E-state index in [4.69, 9.17) is 10.5 Å². The number of amides is 1. The molecule has 2 atom stereocenters. The quantitative estimate of drug-likeness (QED) is 0.771. The Hall–Kier alpha value is -0.650. The number of carbonyl (C=O) groups is 1. The van der Waals surface area contributed by atoms with E-state index in [0.717, 1.165) is 52.2 Å². The summed E-state index contributed by atoms with van der Waals surface area (Å²) in [5, 5.41) is 0. The highest BCUT2D eigenvalue weighted by Crippen LogP contribution is 2.18. The Balaban J connectivity index is 1.75. The molecule has 2 fully saturated rings. The first-order valence-electron chi connectivity index (χ1n) is 7.02. The number of morpholine rings is 1. The van der Waals surface area contributed by atoms with Gasteiger partial charge in [-0.15, -0.1) is 0 Å². The maximum atomic E-state index is 12.0. The standard InChI is InChI=1S/C13H25N3O2/c1-11(14)2-3-13(17)16-5-4-12(10-16)15-6-8-18-9-7-15/h11-12H,2-10,14H2,1H3. The van der Waals surface area contributed by atoms with Crippen molar-refractivity contribution in [1.82, 2.24) is 9.80 Å². The molecule has 0 aromatic carbocycles. The second-order valence-electron chi connectivity index (χ2n) is 5.45. The van der Waals surface area contributed by atoms with Crippen molar-refractivity contribution < 1.29 is 9.53 Å². The number of ether oxygens (including phenoxy) is 1. The molecule has 0 bridgehead atoms. The summed E-state index contributed by atoms with van der Waals surface area (Å²) >= 11 is 0. The van der Waals surface area contributed by atoms with Gasteiger partial charge in [0.2, 0.25) is 5.91 Å². The molecule has 2 rings (SSSR count). The lowest BCUT2D eigenvalue weighted by Gasteiger charge is -2.32. The number of hydrogen-bond acceptors (Lipinski definition) is 4. The zero-order valence-electron chi connectivity index (χ0n) is 11.3. The van der Waals surface area contributed by atoms with Crippen LogP contribution in [0.4, 0.5) is 0 Å². The number of nitrogens with zero attached hydrogens (tertiary/aromatic N) is 2. The largest absolute Gasteiger partial charge is 0.379 e. The van der Waals surface area contributed by atoms with Gasteiger partial charge in [-0.2, -0.15) is 0 Å². The van der Waals surface area contributed by atoms with Crippen LogP contribution < -0.4 is 5.73 Å². The fourth-order valence-electron chi connectivity index (χ4n) is 2.72. The first-order valence-corrected chi connectivity index (χ1v) is 7.02. The number of likely N-dealkylation sites (tertiary alicyclic amines) is 1. The lowest BCUT2D eigenvalue weighted by molar-refractivity contribution is -0.130. The fraction of sp³-hybridized carbons (Fsp3) is 0.923. The highest BCUT2D eigenvalue weighted by Gasteiger charge is 2.30. The molecule has 0 aromatic heterocycles. The van der Waals surface area contributed by atoms with Crippen LogP contribution in [0.2, 0.25) is 0 Å². The van der Waals surface area contributed by atoms with Gasteiger partial charge < -0.3 is 15.4 Å². The van der Waals surface area contributed by atoms with E-state index in [2.05, 4.69) is 4.90 Å². The second-order valence-corrected chi connectivity index (χ2v) is 5.45. The molecular formula is C13H25N3O2. The molecule has 18 heavy (non-hydrogen) atoms. The zero-order chi connectivity index (χ0) is 13.0. The molecule has 5 heteroatoms. The van der Waals surface area contributed by atoms with Crippen LogP contribution >= 0.6 is 0 Å². The molecule has 2 N–H and O–H groups in total. The molecule has 0 radical (unpaired) electrons. The molecule has 2 aliphatic rings. The molecule has 0 spiro atoms. The zero-order valence-corrected chi connectivity index (χ0v) is 11.3. The Bertz CT molecular complexity index is 277. The minimum absolute atomic E-state index is 0.117. The van der Waals surface area contributed by atoms with Gasteiger partial charge in [0.05, 0.1) is 13.2 Å². The van der Waals surface area contributed by atoms with Crippen LogP contribution in [-0.2, 0) is 9.53 Å². The van der Waals surface area contributed by atoms with E-state index >= 15 is 0 Å². The molecule has 1 amide bonds. The van der Waals surface area contributed by atoms with Crippen LogP contribution in [0.5, 0.6) is 0 Å². The van der Waals surface area contributed by atoms with Crippen molar-refractivity contribution in [1.29, 1.82) is 0 Å². The van der Waals surface area contributed by atoms with E-state index in [1.165, 1.54) is 0 Å². The van der Waals surface area contributed by atoms with Crippen molar-refractivity contribution in [2.24, 2.45) is 5.73 Å². The Labute approximate surface area is 109 Å². The topological polar surface area (TPSA) is 58.8 Å². The van der Waals surface area contributed by atoms with Gasteiger partial charge in [-0.1, -0.05) is 0 Å². The Morgan fingerprint density at radius 1 is 1.39 bits per heavy atom. The average Bonchev–Trinajstić information content (AvgIpc) is 2.86. The molecular weight excluding hydrogens is 230 g/mol. The van der Waals surface area contributed by atoms with E-state index in [1.807, 2.05) is 11.8 Å². The van der Waals surface area contributed by atoms with Crippen LogP contribution in [0.1, 0.15) is 26.2 Å². The summed E-state index contributed by atoms with van der Waals surface area (Å²) < 4.78 is 5.36. The van der Waals surface area contributed by atoms with Gasteiger partial charge in [-0.25, -0.2) is 0 Å². The van der Waals surface area contributed by atoms with Crippen molar-refractivity contribution in [2.75, 3.05) is 39.4 Å². The van der Waals surface area contributed by atoms with E-state index < -0.39 is 0 Å². The highest BCUT2D eigenvalue weighted by molar-refractivity contribution is 5.76. The summed E-state index contributed by atoms with van der Waals surface area (Å²) in [7, 11) is 0. The third-order valence-electron chi connectivity index (χ3n) is 3.89. The van der Waals surface area contributed by atoms with Gasteiger partial charge in [0.15, 0.2) is 0 Å². The van der Waals surface area contributed by atoms with Crippen LogP contribution in [-0.4, -0.2) is 67.2 Å². The molecule has 2 heterocycles. The van der Waals surface area contributed by atoms with E-state index in [1.54, 1.807) is 0 Å². The van der Waals surface area contributed by atoms with Crippen molar-refractivity contribution in [3.8, 4) is 0 Å². The Kier molecular flexibility index (Phi) is 4.97. The first kappa shape index (κ1) is 13.8. The van der Waals surface area contributed by atoms with Crippen molar-refractivity contribution >= 4 is 5.91 Å². The molecule has 0 aromatic rings. The van der Waals surface area contributed by atoms with Crippen LogP contribution in [0.15, 0.2) is 0 Å². The third kappa shape index (κ3) is 3.67. The van der Waals surface area contributed by atoms with E-state index in [0.29, 0.717) is 12.5 Å². The molecule has 104 valence electrons. The van der Waals surface area contributed by atoms with Crippen LogP contribution in [0.3, 0.4) is 0 Å². The number of rotatable bonds is 4. The Morgan fingerprint density at radius 3 is 2.78 bits per heavy atom. The monoisotopic (exact) mass is 255 g/mol. The summed E-state index contributed by atoms with van der Waals surface area (Å²) in [6.45, 7) is 7.41. The lowest BCUT2D eigenvalue weighted by atomic mass is 10.2. The van der Waals surface area contributed by atoms with E-state index in [-0.39, 0.29) is 11.9 Å². The lowest BCUT2D eigenvalue weighted by Crippen LogP contribution is -2.45. The predicted molar refractivity (Wildman–Crippen MR) is 70.3 cm³/mol. The average molecular weight is 255 g/mol. The van der Waals surface area contributed by atoms with E-state index in [9.17, 15) is 4.79 Å². The third-order valence-corrected chi connectivity index (χ3v) is 3.89. The first-order chi connectivity index (χ1) is 8.66. The summed E-state index contributed by atoms with van der Waals surface area (Å²) in [6.07, 6.45) is 2.48. The van der Waals surface area contributed by atoms with Crippen LogP contribution in [0.25, 0.3) is 0 Å². The molecule has 0 saturated carbocycles.